The van der Waals surface area contributed by atoms with Crippen molar-refractivity contribution >= 4 is 17.6 Å². The summed E-state index contributed by atoms with van der Waals surface area (Å²) in [5.74, 6) is -0.190. The van der Waals surface area contributed by atoms with Crippen molar-refractivity contribution in [3.8, 4) is 11.1 Å². The van der Waals surface area contributed by atoms with Crippen molar-refractivity contribution in [2.24, 2.45) is 0 Å². The van der Waals surface area contributed by atoms with Crippen LogP contribution in [0.15, 0.2) is 79.1 Å². The molecule has 1 aromatic heterocycles. The van der Waals surface area contributed by atoms with E-state index < -0.39 is 12.1 Å². The van der Waals surface area contributed by atoms with E-state index in [4.69, 9.17) is 0 Å². The van der Waals surface area contributed by atoms with Crippen molar-refractivity contribution in [1.29, 1.82) is 0 Å². The number of pyridine rings is 1. The molecule has 2 heterocycles. The summed E-state index contributed by atoms with van der Waals surface area (Å²) in [4.78, 5) is 32.3. The van der Waals surface area contributed by atoms with Crippen LogP contribution < -0.4 is 16.0 Å². The summed E-state index contributed by atoms with van der Waals surface area (Å²) >= 11 is 0. The lowest BCUT2D eigenvalue weighted by atomic mass is 10.1. The van der Waals surface area contributed by atoms with E-state index in [0.717, 1.165) is 42.7 Å². The Morgan fingerprint density at radius 3 is 2.40 bits per heavy atom. The molecule has 0 radical (unpaired) electrons. The lowest BCUT2D eigenvalue weighted by Gasteiger charge is -2.20. The number of nitrogens with zero attached hydrogens (tertiary/aromatic N) is 2. The van der Waals surface area contributed by atoms with E-state index in [0.29, 0.717) is 18.7 Å². The Bertz CT molecular complexity index is 1080. The van der Waals surface area contributed by atoms with Gasteiger partial charge in [0.15, 0.2) is 0 Å². The summed E-state index contributed by atoms with van der Waals surface area (Å²) in [6.45, 7) is 3.86. The maximum Gasteiger partial charge on any atom is 0.319 e. The van der Waals surface area contributed by atoms with E-state index in [1.165, 1.54) is 12.8 Å². The van der Waals surface area contributed by atoms with Gasteiger partial charge in [-0.1, -0.05) is 48.5 Å². The van der Waals surface area contributed by atoms with Crippen LogP contribution in [0.3, 0.4) is 0 Å². The highest BCUT2D eigenvalue weighted by Gasteiger charge is 2.21. The van der Waals surface area contributed by atoms with Gasteiger partial charge in [-0.2, -0.15) is 0 Å². The van der Waals surface area contributed by atoms with Crippen molar-refractivity contribution in [1.82, 2.24) is 20.5 Å². The number of rotatable bonds is 10. The van der Waals surface area contributed by atoms with Gasteiger partial charge in [-0.3, -0.25) is 9.78 Å². The number of carbonyl (C=O) groups excluding carboxylic acids is 2. The van der Waals surface area contributed by atoms with Gasteiger partial charge in [0.25, 0.3) is 0 Å². The smallest absolute Gasteiger partial charge is 0.319 e. The zero-order chi connectivity index (χ0) is 24.3. The van der Waals surface area contributed by atoms with Crippen molar-refractivity contribution in [2.45, 2.75) is 31.7 Å². The van der Waals surface area contributed by atoms with E-state index in [-0.39, 0.29) is 10.2 Å². The van der Waals surface area contributed by atoms with Crippen LogP contribution in [0.25, 0.3) is 11.1 Å². The molecule has 0 saturated carbocycles. The third-order valence-corrected chi connectivity index (χ3v) is 6.18. The van der Waals surface area contributed by atoms with Gasteiger partial charge >= 0.3 is 6.03 Å². The number of hydrogen-bond donors (Lipinski definition) is 3. The number of amides is 3. The van der Waals surface area contributed by atoms with Gasteiger partial charge in [0, 0.05) is 35.3 Å². The van der Waals surface area contributed by atoms with Crippen molar-refractivity contribution in [3.63, 3.8) is 0 Å². The number of urea groups is 1. The van der Waals surface area contributed by atoms with Crippen molar-refractivity contribution in [2.75, 3.05) is 31.5 Å². The second-order valence-electron chi connectivity index (χ2n) is 8.85. The quantitative estimate of drug-likeness (QED) is 0.365. The first-order valence-electron chi connectivity index (χ1n) is 12.3. The first-order chi connectivity index (χ1) is 17.2. The molecule has 3 N–H and O–H groups in total. The monoisotopic (exact) mass is 477 g/mol. The number of aromatic nitrogens is 1. The Hall–Kier alpha value is -3.71. The Kier molecular flexibility index (Phi) is 8.84. The predicted octanol–water partition coefficient (Wildman–Crippen LogP) is 4.82. The number of benzene rings is 2. The maximum absolute atomic E-state index is 12.9. The van der Waals surface area contributed by atoms with Crippen LogP contribution in [-0.2, 0) is 11.2 Å². The molecule has 0 bridgehead atoms. The van der Waals surface area contributed by atoms with Crippen LogP contribution >= 0.6 is 0 Å². The number of likely N-dealkylation sites (tertiary alicyclic amines) is 1. The summed E-state index contributed by atoms with van der Waals surface area (Å²) in [6, 6.07) is 20.3. The average molecular weight is 478 g/mol. The summed E-state index contributed by atoms with van der Waals surface area (Å²) in [6.07, 6.45) is 7.18. The first kappa shape index (κ1) is 24.4. The van der Waals surface area contributed by atoms with E-state index in [1.54, 1.807) is 12.4 Å². The minimum Gasteiger partial charge on any atom is -0.354 e. The first-order valence-corrected chi connectivity index (χ1v) is 12.3. The van der Waals surface area contributed by atoms with Crippen molar-refractivity contribution < 1.29 is 13.9 Å². The molecule has 4 rings (SSSR count). The third kappa shape index (κ3) is 7.65. The molecule has 1 aliphatic rings. The fraction of sp³-hybridized carbons (Fsp3) is 0.321. The van der Waals surface area contributed by atoms with Crippen LogP contribution in [0.1, 0.15) is 29.1 Å². The van der Waals surface area contributed by atoms with Gasteiger partial charge in [-0.05, 0) is 73.8 Å². The summed E-state index contributed by atoms with van der Waals surface area (Å²) in [5.41, 5.74) is 3.73. The molecular weight excluding hydrogens is 438 g/mol. The van der Waals surface area contributed by atoms with Gasteiger partial charge < -0.3 is 20.9 Å². The number of hydrogen-bond acceptors (Lipinski definition) is 4. The predicted molar refractivity (Wildman–Crippen MR) is 145 cm³/mol. The van der Waals surface area contributed by atoms with E-state index in [2.05, 4.69) is 25.8 Å². The molecule has 0 spiro atoms. The summed E-state index contributed by atoms with van der Waals surface area (Å²) in [7, 11) is 0. The number of nitrogens with one attached hydrogen (secondary N) is 3. The van der Waals surface area contributed by atoms with E-state index in [9.17, 15) is 9.59 Å². The van der Waals surface area contributed by atoms with E-state index in [1.807, 2.05) is 66.7 Å². The molecule has 1 saturated heterocycles. The van der Waals surface area contributed by atoms with Crippen LogP contribution in [0.4, 0.5) is 10.5 Å². The molecule has 1 atom stereocenters. The molecule has 7 heteroatoms. The molecule has 7 nitrogen and oxygen atoms in total. The van der Waals surface area contributed by atoms with Crippen LogP contribution in [0, 0.1) is 0 Å². The highest BCUT2D eigenvalue weighted by atomic mass is 16.2. The largest absolute Gasteiger partial charge is 0.354 e. The average Bonchev–Trinajstić information content (AvgIpc) is 3.41. The Morgan fingerprint density at radius 2 is 1.69 bits per heavy atom. The lowest BCUT2D eigenvalue weighted by Crippen LogP contribution is -2.49. The van der Waals surface area contributed by atoms with Crippen LogP contribution in [0.2, 0.25) is 0 Å². The van der Waals surface area contributed by atoms with Crippen molar-refractivity contribution in [3.05, 3.63) is 84.7 Å². The SMILES string of the molecule is O=C(Nc1ccc(-c2ccccc2)cc1)NC(Cc1cccnc1)C(=O)NCCCN1CCCC1.[HH].[HH].[HH]. The molecule has 2 aromatic carbocycles. The van der Waals surface area contributed by atoms with Gasteiger partial charge in [0.05, 0.1) is 0 Å². The molecule has 35 heavy (non-hydrogen) atoms. The van der Waals surface area contributed by atoms with Gasteiger partial charge in [-0.15, -0.1) is 0 Å². The standard InChI is InChI=1S/C28H33N5O2.3H2/c34-27(30-16-7-19-33-17-4-5-18-33)26(20-22-8-6-15-29-21-22)32-28(35)31-25-13-11-24(12-14-25)23-9-2-1-3-10-23;;;/h1-3,6,8-15,21,26H,4-5,7,16-20H2,(H,30,34)(H2,31,32,35);3*1H. The molecule has 0 aliphatic carbocycles. The topological polar surface area (TPSA) is 86.4 Å². The molecule has 1 unspecified atom stereocenters. The molecule has 1 fully saturated rings. The molecule has 3 aromatic rings. The summed E-state index contributed by atoms with van der Waals surface area (Å²) < 4.78 is 0. The zero-order valence-corrected chi connectivity index (χ0v) is 20.0. The van der Waals surface area contributed by atoms with Gasteiger partial charge in [0.1, 0.15) is 6.04 Å². The van der Waals surface area contributed by atoms with Gasteiger partial charge in [-0.25, -0.2) is 4.79 Å². The molecular formula is C28H39N5O2. The maximum atomic E-state index is 12.9. The normalized spacial score (nSPS) is 14.3. The fourth-order valence-electron chi connectivity index (χ4n) is 4.31. The van der Waals surface area contributed by atoms with Crippen LogP contribution in [-0.4, -0.2) is 54.0 Å². The molecule has 3 amide bonds. The molecule has 1 aliphatic heterocycles. The third-order valence-electron chi connectivity index (χ3n) is 6.18. The minimum atomic E-state index is -0.699. The van der Waals surface area contributed by atoms with Crippen LogP contribution in [0.5, 0.6) is 0 Å². The fourth-order valence-corrected chi connectivity index (χ4v) is 4.31. The second-order valence-corrected chi connectivity index (χ2v) is 8.85. The number of anilines is 1. The Balaban J connectivity index is 0.00000241. The van der Waals surface area contributed by atoms with Gasteiger partial charge in [0.2, 0.25) is 5.91 Å². The second kappa shape index (κ2) is 12.7. The lowest BCUT2D eigenvalue weighted by molar-refractivity contribution is -0.122. The molecule has 188 valence electrons. The highest BCUT2D eigenvalue weighted by Crippen LogP contribution is 2.21. The number of carbonyl (C=O) groups is 2. The summed E-state index contributed by atoms with van der Waals surface area (Å²) in [5, 5.41) is 8.68. The van der Waals surface area contributed by atoms with E-state index >= 15 is 0 Å². The highest BCUT2D eigenvalue weighted by molar-refractivity contribution is 5.94. The Labute approximate surface area is 211 Å². The zero-order valence-electron chi connectivity index (χ0n) is 20.0. The minimum absolute atomic E-state index is 0. The Morgan fingerprint density at radius 1 is 0.943 bits per heavy atom.